The van der Waals surface area contributed by atoms with E-state index in [4.69, 9.17) is 25.1 Å². The van der Waals surface area contributed by atoms with E-state index in [0.29, 0.717) is 10.7 Å². The highest BCUT2D eigenvalue weighted by Crippen LogP contribution is 2.59. The van der Waals surface area contributed by atoms with Crippen LogP contribution < -0.4 is 5.76 Å². The normalized spacial score (nSPS) is 11.6. The molecule has 10 heteroatoms. The summed E-state index contributed by atoms with van der Waals surface area (Å²) >= 11 is 6.61. The van der Waals surface area contributed by atoms with Crippen LogP contribution in [0.3, 0.4) is 0 Å². The fourth-order valence-electron chi connectivity index (χ4n) is 1.35. The molecule has 0 bridgehead atoms. The molecular weight excluding hydrogens is 327 g/mol. The maximum atomic E-state index is 11.9. The van der Waals surface area contributed by atoms with Gasteiger partial charge in [0.15, 0.2) is 11.2 Å². The molecule has 0 aliphatic heterocycles. The number of aromatic nitrogens is 2. The second-order valence-corrected chi connectivity index (χ2v) is 8.04. The average molecular weight is 341 g/mol. The fourth-order valence-corrected chi connectivity index (χ4v) is 3.74. The monoisotopic (exact) mass is 340 g/mol. The van der Waals surface area contributed by atoms with Crippen molar-refractivity contribution in [2.75, 3.05) is 14.2 Å². The first-order valence-corrected chi connectivity index (χ1v) is 8.51. The third kappa shape index (κ3) is 3.45. The van der Waals surface area contributed by atoms with E-state index in [2.05, 4.69) is 4.98 Å². The van der Waals surface area contributed by atoms with E-state index in [1.165, 1.54) is 31.0 Å². The molecule has 0 atom stereocenters. The van der Waals surface area contributed by atoms with Gasteiger partial charge in [-0.25, -0.2) is 18.9 Å². The van der Waals surface area contributed by atoms with Crippen LogP contribution in [0.15, 0.2) is 21.5 Å². The van der Waals surface area contributed by atoms with Crippen LogP contribution in [0.5, 0.6) is 0 Å². The Morgan fingerprint density at radius 2 is 2.15 bits per heavy atom. The van der Waals surface area contributed by atoms with Crippen molar-refractivity contribution in [3.63, 3.8) is 0 Å². The average Bonchev–Trinajstić information content (AvgIpc) is 2.70. The van der Waals surface area contributed by atoms with Gasteiger partial charge in [-0.2, -0.15) is 0 Å². The Kier molecular flexibility index (Phi) is 5.85. The Balaban J connectivity index is 0.00000200. The van der Waals surface area contributed by atoms with Gasteiger partial charge in [0.25, 0.3) is 0 Å². The lowest BCUT2D eigenvalue weighted by molar-refractivity contribution is 0.295. The van der Waals surface area contributed by atoms with Gasteiger partial charge < -0.3 is 13.5 Å². The third-order valence-electron chi connectivity index (χ3n) is 2.27. The number of halogens is 1. The summed E-state index contributed by atoms with van der Waals surface area (Å²) in [6, 6.07) is 1.48. The molecule has 20 heavy (non-hydrogen) atoms. The summed E-state index contributed by atoms with van der Waals surface area (Å²) < 4.78 is 27.6. The van der Waals surface area contributed by atoms with E-state index in [0.717, 1.165) is 11.4 Å². The molecule has 2 aromatic heterocycles. The predicted octanol–water partition coefficient (Wildman–Crippen LogP) is 3.37. The zero-order valence-corrected chi connectivity index (χ0v) is 12.5. The van der Waals surface area contributed by atoms with Crippen molar-refractivity contribution in [3.8, 4) is 0 Å². The number of rotatable bonds is 5. The molecule has 0 unspecified atom stereocenters. The number of pyridine rings is 1. The van der Waals surface area contributed by atoms with Crippen molar-refractivity contribution >= 4 is 41.0 Å². The Morgan fingerprint density at radius 1 is 1.50 bits per heavy atom. The summed E-state index contributed by atoms with van der Waals surface area (Å²) in [6.07, 6.45) is 1.40. The topological polar surface area (TPSA) is 83.6 Å². The Hall–Kier alpha value is -0.790. The first-order valence-electron chi connectivity index (χ1n) is 5.00. The number of hydrogen-bond donors (Lipinski definition) is 0. The highest BCUT2D eigenvalue weighted by molar-refractivity contribution is 8.54. The van der Waals surface area contributed by atoms with Crippen LogP contribution in [0, 0.1) is 0 Å². The molecule has 0 radical (unpaired) electrons. The van der Waals surface area contributed by atoms with Crippen LogP contribution in [-0.4, -0.2) is 23.8 Å². The van der Waals surface area contributed by atoms with Gasteiger partial charge in [-0.15, -0.1) is 0 Å². The van der Waals surface area contributed by atoms with E-state index < -0.39 is 12.6 Å². The highest BCUT2D eigenvalue weighted by Gasteiger charge is 2.23. The van der Waals surface area contributed by atoms with Gasteiger partial charge in [0.2, 0.25) is 0 Å². The summed E-state index contributed by atoms with van der Waals surface area (Å²) in [5.74, 6) is -0.588. The minimum atomic E-state index is -3.27. The van der Waals surface area contributed by atoms with Gasteiger partial charge in [-0.1, -0.05) is 19.0 Å². The molecule has 2 aromatic rings. The smallest absolute Gasteiger partial charge is 0.406 e. The van der Waals surface area contributed by atoms with Crippen molar-refractivity contribution in [1.29, 1.82) is 0 Å². The van der Waals surface area contributed by atoms with Crippen molar-refractivity contribution in [2.24, 2.45) is 0 Å². The predicted molar refractivity (Wildman–Crippen MR) is 79.2 cm³/mol. The first-order chi connectivity index (χ1) is 8.99. The lowest BCUT2D eigenvalue weighted by atomic mass is 10.4. The molecule has 0 aliphatic rings. The zero-order chi connectivity index (χ0) is 14.0. The summed E-state index contributed by atoms with van der Waals surface area (Å²) in [6.45, 7) is -3.27. The maximum Gasteiger partial charge on any atom is 0.421 e. The largest absolute Gasteiger partial charge is 0.421 e. The molecule has 0 aliphatic carbocycles. The van der Waals surface area contributed by atoms with Crippen LogP contribution in [0.4, 0.5) is 0 Å². The van der Waals surface area contributed by atoms with Crippen LogP contribution in [0.1, 0.15) is 7.43 Å². The molecule has 0 fully saturated rings. The second-order valence-electron chi connectivity index (χ2n) is 3.34. The first kappa shape index (κ1) is 17.3. The van der Waals surface area contributed by atoms with E-state index in [-0.39, 0.29) is 18.9 Å². The Morgan fingerprint density at radius 3 is 2.75 bits per heavy atom. The van der Waals surface area contributed by atoms with Gasteiger partial charge in [-0.3, -0.25) is 0 Å². The van der Waals surface area contributed by atoms with E-state index in [1.54, 1.807) is 0 Å². The standard InChI is InChI=1S/C9H10ClN2O5PS.CH4/c1-15-18(14,16-2)19-5-12-8-7(17-9(12)13)3-6(10)4-11-8;/h3-4H,5H2,1-2H3;1H4. The van der Waals surface area contributed by atoms with Crippen LogP contribution in [-0.2, 0) is 19.5 Å². The molecular formula is C10H14ClN2O5PS. The lowest BCUT2D eigenvalue weighted by Gasteiger charge is -2.11. The molecule has 0 N–H and O–H groups in total. The number of oxazole rings is 1. The lowest BCUT2D eigenvalue weighted by Crippen LogP contribution is -2.13. The van der Waals surface area contributed by atoms with Gasteiger partial charge in [0.05, 0.1) is 10.9 Å². The highest BCUT2D eigenvalue weighted by atomic mass is 35.5. The zero-order valence-electron chi connectivity index (χ0n) is 10.0. The number of nitrogens with zero attached hydrogens (tertiary/aromatic N) is 2. The maximum absolute atomic E-state index is 11.9. The summed E-state index contributed by atoms with van der Waals surface area (Å²) in [5, 5.41) is 0.362. The summed E-state index contributed by atoms with van der Waals surface area (Å²) in [7, 11) is 2.54. The Labute approximate surface area is 124 Å². The number of fused-ring (bicyclic) bond motifs is 1. The van der Waals surface area contributed by atoms with Crippen molar-refractivity contribution in [2.45, 2.75) is 13.3 Å². The summed E-state index contributed by atoms with van der Waals surface area (Å²) in [5.41, 5.74) is 0.587. The third-order valence-corrected chi connectivity index (χ3v) is 6.25. The van der Waals surface area contributed by atoms with Crippen molar-refractivity contribution in [3.05, 3.63) is 27.8 Å². The van der Waals surface area contributed by atoms with E-state index in [1.807, 2.05) is 0 Å². The molecule has 112 valence electrons. The Bertz CT molecular complexity index is 693. The molecule has 7 nitrogen and oxygen atoms in total. The molecule has 2 heterocycles. The van der Waals surface area contributed by atoms with Gasteiger partial charge in [0.1, 0.15) is 0 Å². The molecule has 2 rings (SSSR count). The van der Waals surface area contributed by atoms with Gasteiger partial charge in [0, 0.05) is 26.5 Å². The van der Waals surface area contributed by atoms with E-state index in [9.17, 15) is 9.36 Å². The summed E-state index contributed by atoms with van der Waals surface area (Å²) in [4.78, 5) is 15.7. The fraction of sp³-hybridized carbons (Fsp3) is 0.400. The molecule has 0 aromatic carbocycles. The van der Waals surface area contributed by atoms with Crippen LogP contribution in [0.2, 0.25) is 5.02 Å². The molecule has 0 spiro atoms. The van der Waals surface area contributed by atoms with E-state index >= 15 is 0 Å². The quantitative estimate of drug-likeness (QED) is 0.771. The number of hydrogen-bond acceptors (Lipinski definition) is 7. The molecule has 0 amide bonds. The second kappa shape index (κ2) is 6.78. The van der Waals surface area contributed by atoms with Crippen LogP contribution >= 0.6 is 29.8 Å². The minimum Gasteiger partial charge on any atom is -0.406 e. The minimum absolute atomic E-state index is 0. The van der Waals surface area contributed by atoms with Gasteiger partial charge >= 0.3 is 12.6 Å². The van der Waals surface area contributed by atoms with Gasteiger partial charge in [-0.05, 0) is 11.4 Å². The molecule has 0 saturated heterocycles. The van der Waals surface area contributed by atoms with Crippen molar-refractivity contribution in [1.82, 2.24) is 9.55 Å². The van der Waals surface area contributed by atoms with Crippen LogP contribution in [0.25, 0.3) is 11.2 Å². The SMILES string of the molecule is C.COP(=O)(OC)SCn1c(=O)oc2cc(Cl)cnc21. The van der Waals surface area contributed by atoms with Crippen molar-refractivity contribution < 1.29 is 18.0 Å². The molecule has 0 saturated carbocycles.